The second-order valence-electron chi connectivity index (χ2n) is 4.38. The van der Waals surface area contributed by atoms with Gasteiger partial charge in [0.1, 0.15) is 11.4 Å². The molecule has 0 fully saturated rings. The summed E-state index contributed by atoms with van der Waals surface area (Å²) in [6, 6.07) is 3.44. The summed E-state index contributed by atoms with van der Waals surface area (Å²) in [7, 11) is 0. The zero-order chi connectivity index (χ0) is 15.3. The lowest BCUT2D eigenvalue weighted by Gasteiger charge is -2.16. The highest BCUT2D eigenvalue weighted by Gasteiger charge is 2.32. The van der Waals surface area contributed by atoms with E-state index < -0.39 is 28.7 Å². The van der Waals surface area contributed by atoms with Crippen molar-refractivity contribution in [3.05, 3.63) is 67.0 Å². The SMILES string of the molecule is O=C(O)c1ccc2c(c1)C(=O)c1[nH]c(=O)c(=O)[nH]c1C2=O. The van der Waals surface area contributed by atoms with Crippen molar-refractivity contribution in [1.82, 2.24) is 9.97 Å². The van der Waals surface area contributed by atoms with Gasteiger partial charge in [0.05, 0.1) is 5.56 Å². The lowest BCUT2D eigenvalue weighted by atomic mass is 9.88. The number of benzene rings is 1. The van der Waals surface area contributed by atoms with Crippen LogP contribution < -0.4 is 11.1 Å². The minimum Gasteiger partial charge on any atom is -0.478 e. The van der Waals surface area contributed by atoms with Crippen LogP contribution in [-0.4, -0.2) is 32.6 Å². The quantitative estimate of drug-likeness (QED) is 0.517. The number of carbonyl (C=O) groups is 3. The van der Waals surface area contributed by atoms with Gasteiger partial charge in [-0.05, 0) is 18.2 Å². The van der Waals surface area contributed by atoms with Crippen molar-refractivity contribution in [2.75, 3.05) is 0 Å². The van der Waals surface area contributed by atoms with Crippen LogP contribution in [0.25, 0.3) is 0 Å². The Morgan fingerprint density at radius 3 is 1.90 bits per heavy atom. The Kier molecular flexibility index (Phi) is 2.49. The first-order chi connectivity index (χ1) is 9.90. The van der Waals surface area contributed by atoms with Gasteiger partial charge in [-0.2, -0.15) is 0 Å². The molecule has 0 amide bonds. The largest absolute Gasteiger partial charge is 0.478 e. The molecule has 3 N–H and O–H groups in total. The zero-order valence-corrected chi connectivity index (χ0v) is 10.2. The third-order valence-electron chi connectivity index (χ3n) is 3.14. The highest BCUT2D eigenvalue weighted by atomic mass is 16.4. The molecule has 3 rings (SSSR count). The fourth-order valence-corrected chi connectivity index (χ4v) is 2.14. The maximum Gasteiger partial charge on any atom is 0.335 e. The van der Waals surface area contributed by atoms with Crippen LogP contribution in [0.3, 0.4) is 0 Å². The molecule has 1 heterocycles. The fraction of sp³-hybridized carbons (Fsp3) is 0. The van der Waals surface area contributed by atoms with Gasteiger partial charge in [-0.15, -0.1) is 0 Å². The fourth-order valence-electron chi connectivity index (χ4n) is 2.14. The number of nitrogens with one attached hydrogen (secondary N) is 2. The number of fused-ring (bicyclic) bond motifs is 2. The van der Waals surface area contributed by atoms with Gasteiger partial charge in [0.15, 0.2) is 0 Å². The molecule has 2 aromatic rings. The summed E-state index contributed by atoms with van der Waals surface area (Å²) in [4.78, 5) is 62.0. The third kappa shape index (κ3) is 1.73. The zero-order valence-electron chi connectivity index (χ0n) is 10.2. The summed E-state index contributed by atoms with van der Waals surface area (Å²) in [5, 5.41) is 8.91. The number of carboxylic acids is 1. The Labute approximate surface area is 115 Å². The predicted octanol–water partition coefficient (Wildman–Crippen LogP) is -0.463. The molecule has 0 spiro atoms. The summed E-state index contributed by atoms with van der Waals surface area (Å²) < 4.78 is 0. The Hall–Kier alpha value is -3.29. The lowest BCUT2D eigenvalue weighted by molar-refractivity contribution is 0.0696. The second-order valence-corrected chi connectivity index (χ2v) is 4.38. The van der Waals surface area contributed by atoms with Crippen molar-refractivity contribution in [1.29, 1.82) is 0 Å². The number of carboxylic acid groups (broad SMARTS) is 1. The third-order valence-corrected chi connectivity index (χ3v) is 3.14. The molecule has 1 aromatic carbocycles. The monoisotopic (exact) mass is 286 g/mol. The van der Waals surface area contributed by atoms with Crippen molar-refractivity contribution in [3.63, 3.8) is 0 Å². The standard InChI is InChI=1S/C13H6N2O6/c16-9-5-2-1-4(13(20)21)3-6(5)10(17)8-7(9)14-11(18)12(19)15-8/h1-3H,(H,14,18)(H,15,19)(H,20,21). The molecule has 1 aromatic heterocycles. The summed E-state index contributed by atoms with van der Waals surface area (Å²) in [5.74, 6) is -2.64. The van der Waals surface area contributed by atoms with Gasteiger partial charge >= 0.3 is 17.1 Å². The minimum absolute atomic E-state index is 0.0276. The molecule has 8 nitrogen and oxygen atoms in total. The molecule has 0 unspecified atom stereocenters. The Morgan fingerprint density at radius 2 is 1.38 bits per heavy atom. The molecule has 1 aliphatic carbocycles. The molecule has 0 bridgehead atoms. The number of ketones is 2. The van der Waals surface area contributed by atoms with E-state index in [-0.39, 0.29) is 28.1 Å². The lowest BCUT2D eigenvalue weighted by Crippen LogP contribution is -2.37. The van der Waals surface area contributed by atoms with E-state index >= 15 is 0 Å². The topological polar surface area (TPSA) is 137 Å². The Morgan fingerprint density at radius 1 is 0.857 bits per heavy atom. The van der Waals surface area contributed by atoms with Crippen molar-refractivity contribution >= 4 is 17.5 Å². The van der Waals surface area contributed by atoms with Crippen LogP contribution in [0.2, 0.25) is 0 Å². The van der Waals surface area contributed by atoms with Crippen LogP contribution in [-0.2, 0) is 0 Å². The molecule has 21 heavy (non-hydrogen) atoms. The van der Waals surface area contributed by atoms with E-state index in [0.29, 0.717) is 0 Å². The normalized spacial score (nSPS) is 12.8. The van der Waals surface area contributed by atoms with Gasteiger partial charge in [0, 0.05) is 11.1 Å². The first kappa shape index (κ1) is 12.7. The molecule has 0 atom stereocenters. The summed E-state index contributed by atoms with van der Waals surface area (Å²) in [6.45, 7) is 0. The number of aromatic carboxylic acids is 1. The van der Waals surface area contributed by atoms with Gasteiger partial charge in [0.2, 0.25) is 11.6 Å². The summed E-state index contributed by atoms with van der Waals surface area (Å²) in [5.41, 5.74) is -3.08. The van der Waals surface area contributed by atoms with Crippen LogP contribution in [0.4, 0.5) is 0 Å². The van der Waals surface area contributed by atoms with Crippen LogP contribution in [0.5, 0.6) is 0 Å². The molecule has 0 radical (unpaired) electrons. The average molecular weight is 286 g/mol. The number of hydrogen-bond acceptors (Lipinski definition) is 5. The number of hydrogen-bond donors (Lipinski definition) is 3. The van der Waals surface area contributed by atoms with Crippen LogP contribution in [0, 0.1) is 0 Å². The highest BCUT2D eigenvalue weighted by Crippen LogP contribution is 2.24. The molecular formula is C13H6N2O6. The van der Waals surface area contributed by atoms with E-state index in [9.17, 15) is 24.0 Å². The van der Waals surface area contributed by atoms with E-state index in [4.69, 9.17) is 5.11 Å². The molecule has 104 valence electrons. The first-order valence-electron chi connectivity index (χ1n) is 5.73. The van der Waals surface area contributed by atoms with Gasteiger partial charge in [0.25, 0.3) is 0 Å². The van der Waals surface area contributed by atoms with E-state index in [2.05, 4.69) is 4.98 Å². The molecular weight excluding hydrogens is 280 g/mol. The summed E-state index contributed by atoms with van der Waals surface area (Å²) >= 11 is 0. The predicted molar refractivity (Wildman–Crippen MR) is 67.9 cm³/mol. The minimum atomic E-state index is -1.25. The van der Waals surface area contributed by atoms with Crippen molar-refractivity contribution in [3.8, 4) is 0 Å². The van der Waals surface area contributed by atoms with Gasteiger partial charge in [-0.25, -0.2) is 4.79 Å². The van der Waals surface area contributed by atoms with E-state index in [1.165, 1.54) is 12.1 Å². The van der Waals surface area contributed by atoms with Gasteiger partial charge in [-0.1, -0.05) is 0 Å². The first-order valence-corrected chi connectivity index (χ1v) is 5.73. The molecule has 0 aliphatic heterocycles. The van der Waals surface area contributed by atoms with Gasteiger partial charge in [-0.3, -0.25) is 19.2 Å². The maximum atomic E-state index is 12.3. The van der Waals surface area contributed by atoms with Crippen molar-refractivity contribution < 1.29 is 19.5 Å². The number of aromatic amines is 2. The number of H-pyrrole nitrogens is 2. The van der Waals surface area contributed by atoms with E-state index in [0.717, 1.165) is 6.07 Å². The smallest absolute Gasteiger partial charge is 0.335 e. The van der Waals surface area contributed by atoms with Crippen molar-refractivity contribution in [2.24, 2.45) is 0 Å². The maximum absolute atomic E-state index is 12.3. The number of rotatable bonds is 1. The van der Waals surface area contributed by atoms with Crippen LogP contribution in [0.15, 0.2) is 27.8 Å². The molecule has 0 saturated carbocycles. The van der Waals surface area contributed by atoms with Gasteiger partial charge < -0.3 is 15.1 Å². The molecule has 0 saturated heterocycles. The van der Waals surface area contributed by atoms with Crippen LogP contribution in [0.1, 0.15) is 42.5 Å². The van der Waals surface area contributed by atoms with Crippen molar-refractivity contribution in [2.45, 2.75) is 0 Å². The highest BCUT2D eigenvalue weighted by molar-refractivity contribution is 6.27. The van der Waals surface area contributed by atoms with E-state index in [1.807, 2.05) is 4.98 Å². The van der Waals surface area contributed by atoms with Crippen LogP contribution >= 0.6 is 0 Å². The van der Waals surface area contributed by atoms with E-state index in [1.54, 1.807) is 0 Å². The summed E-state index contributed by atoms with van der Waals surface area (Å²) in [6.07, 6.45) is 0. The number of aromatic nitrogens is 2. The molecule has 8 heteroatoms. The number of carbonyl (C=O) groups excluding carboxylic acids is 2. The Balaban J connectivity index is 2.32. The molecule has 1 aliphatic rings. The second kappa shape index (κ2) is 4.10. The Bertz CT molecular complexity index is 950. The average Bonchev–Trinajstić information content (AvgIpc) is 2.46.